The Bertz CT molecular complexity index is 868. The van der Waals surface area contributed by atoms with Crippen LogP contribution < -0.4 is 20.7 Å². The third-order valence-corrected chi connectivity index (χ3v) is 4.57. The summed E-state index contributed by atoms with van der Waals surface area (Å²) < 4.78 is 5.96. The number of aliphatic imine (C=N–C) groups is 1. The van der Waals surface area contributed by atoms with Crippen molar-refractivity contribution in [3.05, 3.63) is 65.2 Å². The smallest absolute Gasteiger partial charge is 0.251 e. The lowest BCUT2D eigenvalue weighted by molar-refractivity contribution is 0.0919. The first-order valence-corrected chi connectivity index (χ1v) is 9.94. The zero-order valence-electron chi connectivity index (χ0n) is 18.0. The average molecular weight is 522 g/mol. The van der Waals surface area contributed by atoms with E-state index in [0.717, 1.165) is 17.7 Å². The van der Waals surface area contributed by atoms with E-state index in [0.29, 0.717) is 24.6 Å². The molecule has 0 fully saturated rings. The van der Waals surface area contributed by atoms with Gasteiger partial charge < -0.3 is 20.7 Å². The molecule has 0 bridgehead atoms. The molecule has 3 N–H and O–H groups in total. The van der Waals surface area contributed by atoms with Gasteiger partial charge in [0.05, 0.1) is 6.54 Å². The monoisotopic (exact) mass is 522 g/mol. The van der Waals surface area contributed by atoms with Crippen molar-refractivity contribution in [1.82, 2.24) is 16.0 Å². The number of benzene rings is 2. The number of para-hydroxylation sites is 1. The number of amides is 1. The first kappa shape index (κ1) is 24.0. The molecular formula is C23H31IN4O2. The molecule has 0 spiro atoms. The van der Waals surface area contributed by atoms with Gasteiger partial charge in [-0.2, -0.15) is 0 Å². The van der Waals surface area contributed by atoms with Crippen molar-refractivity contribution in [1.29, 1.82) is 0 Å². The first-order chi connectivity index (χ1) is 13.8. The summed E-state index contributed by atoms with van der Waals surface area (Å²) in [4.78, 5) is 16.6. The number of rotatable bonds is 5. The molecule has 0 aromatic heterocycles. The maximum atomic E-state index is 12.4. The van der Waals surface area contributed by atoms with Gasteiger partial charge in [0.1, 0.15) is 11.9 Å². The summed E-state index contributed by atoms with van der Waals surface area (Å²) in [6.07, 6.45) is 0.987. The Morgan fingerprint density at radius 1 is 1.13 bits per heavy atom. The Hall–Kier alpha value is -2.29. The quantitative estimate of drug-likeness (QED) is 0.319. The van der Waals surface area contributed by atoms with Crippen LogP contribution in [0, 0.1) is 0 Å². The molecule has 0 aliphatic carbocycles. The van der Waals surface area contributed by atoms with E-state index in [4.69, 9.17) is 4.74 Å². The van der Waals surface area contributed by atoms with Gasteiger partial charge in [-0.05, 0) is 50.1 Å². The second-order valence-corrected chi connectivity index (χ2v) is 8.26. The molecular weight excluding hydrogens is 491 g/mol. The minimum Gasteiger partial charge on any atom is -0.488 e. The number of halogens is 1. The Morgan fingerprint density at radius 2 is 1.90 bits per heavy atom. The molecule has 2 aromatic carbocycles. The van der Waals surface area contributed by atoms with Crippen LogP contribution >= 0.6 is 24.0 Å². The Kier molecular flexibility index (Phi) is 8.52. The molecule has 30 heavy (non-hydrogen) atoms. The van der Waals surface area contributed by atoms with Crippen molar-refractivity contribution in [3.63, 3.8) is 0 Å². The van der Waals surface area contributed by atoms with Crippen LogP contribution in [-0.2, 0) is 13.0 Å². The van der Waals surface area contributed by atoms with E-state index >= 15 is 0 Å². The number of fused-ring (bicyclic) bond motifs is 1. The normalized spacial score (nSPS) is 15.5. The van der Waals surface area contributed by atoms with Gasteiger partial charge in [-0.15, -0.1) is 24.0 Å². The van der Waals surface area contributed by atoms with Gasteiger partial charge in [0.2, 0.25) is 0 Å². The van der Waals surface area contributed by atoms with E-state index in [-0.39, 0.29) is 41.5 Å². The summed E-state index contributed by atoms with van der Waals surface area (Å²) in [6.45, 7) is 7.15. The molecule has 162 valence electrons. The van der Waals surface area contributed by atoms with Crippen molar-refractivity contribution in [3.8, 4) is 5.75 Å². The molecule has 0 saturated heterocycles. The average Bonchev–Trinajstić information content (AvgIpc) is 3.10. The predicted octanol–water partition coefficient (Wildman–Crippen LogP) is 3.50. The fourth-order valence-electron chi connectivity index (χ4n) is 3.22. The summed E-state index contributed by atoms with van der Waals surface area (Å²) in [5.41, 5.74) is 2.64. The van der Waals surface area contributed by atoms with Crippen molar-refractivity contribution in [2.45, 2.75) is 45.4 Å². The molecule has 1 aliphatic rings. The third kappa shape index (κ3) is 6.90. The van der Waals surface area contributed by atoms with Crippen LogP contribution in [0.5, 0.6) is 5.75 Å². The van der Waals surface area contributed by atoms with Crippen LogP contribution in [0.15, 0.2) is 53.5 Å². The summed E-state index contributed by atoms with van der Waals surface area (Å²) in [7, 11) is 1.74. The van der Waals surface area contributed by atoms with Gasteiger partial charge in [0.25, 0.3) is 5.91 Å². The lowest BCUT2D eigenvalue weighted by atomic mass is 10.1. The molecule has 1 amide bonds. The molecule has 7 heteroatoms. The number of guanidine groups is 1. The Morgan fingerprint density at radius 3 is 2.60 bits per heavy atom. The second kappa shape index (κ2) is 10.7. The van der Waals surface area contributed by atoms with Gasteiger partial charge in [-0.1, -0.05) is 30.3 Å². The third-order valence-electron chi connectivity index (χ3n) is 4.57. The minimum atomic E-state index is -0.265. The lowest BCUT2D eigenvalue weighted by Gasteiger charge is -2.20. The van der Waals surface area contributed by atoms with Crippen LogP contribution in [0.25, 0.3) is 0 Å². The SMILES string of the molecule is CN=C(NCc1cccc(C(=O)NC(C)(C)C)c1)NCC1Cc2ccccc2O1.I. The topological polar surface area (TPSA) is 74.8 Å². The highest BCUT2D eigenvalue weighted by Gasteiger charge is 2.22. The minimum absolute atomic E-state index is 0. The number of hydrogen-bond donors (Lipinski definition) is 3. The van der Waals surface area contributed by atoms with Crippen molar-refractivity contribution < 1.29 is 9.53 Å². The van der Waals surface area contributed by atoms with Gasteiger partial charge in [-0.25, -0.2) is 0 Å². The zero-order chi connectivity index (χ0) is 20.9. The van der Waals surface area contributed by atoms with Gasteiger partial charge in [0.15, 0.2) is 5.96 Å². The highest BCUT2D eigenvalue weighted by molar-refractivity contribution is 14.0. The van der Waals surface area contributed by atoms with Crippen LogP contribution in [0.3, 0.4) is 0 Å². The molecule has 6 nitrogen and oxygen atoms in total. The van der Waals surface area contributed by atoms with E-state index in [1.165, 1.54) is 5.56 Å². The maximum absolute atomic E-state index is 12.4. The van der Waals surface area contributed by atoms with E-state index in [9.17, 15) is 4.79 Å². The number of nitrogens with zero attached hydrogens (tertiary/aromatic N) is 1. The van der Waals surface area contributed by atoms with E-state index in [1.54, 1.807) is 7.05 Å². The van der Waals surface area contributed by atoms with Gasteiger partial charge in [0, 0.05) is 31.1 Å². The van der Waals surface area contributed by atoms with Crippen molar-refractivity contribution in [2.75, 3.05) is 13.6 Å². The van der Waals surface area contributed by atoms with E-state index in [1.807, 2.05) is 63.2 Å². The molecule has 1 heterocycles. The second-order valence-electron chi connectivity index (χ2n) is 8.26. The molecule has 2 aromatic rings. The summed E-state index contributed by atoms with van der Waals surface area (Å²) >= 11 is 0. The van der Waals surface area contributed by atoms with Crippen molar-refractivity contribution in [2.24, 2.45) is 4.99 Å². The summed E-state index contributed by atoms with van der Waals surface area (Å²) in [5.74, 6) is 1.60. The number of nitrogens with one attached hydrogen (secondary N) is 3. The first-order valence-electron chi connectivity index (χ1n) is 9.94. The van der Waals surface area contributed by atoms with Gasteiger partial charge in [-0.3, -0.25) is 9.79 Å². The largest absolute Gasteiger partial charge is 0.488 e. The standard InChI is InChI=1S/C23H30N4O2.HI/c1-23(2,3)27-21(28)18-10-7-8-16(12-18)14-25-22(24-4)26-15-19-13-17-9-5-6-11-20(17)29-19;/h5-12,19H,13-15H2,1-4H3,(H,27,28)(H2,24,25,26);1H. The molecule has 0 radical (unpaired) electrons. The Labute approximate surface area is 195 Å². The van der Waals surface area contributed by atoms with Crippen LogP contribution in [0.2, 0.25) is 0 Å². The van der Waals surface area contributed by atoms with Gasteiger partial charge >= 0.3 is 0 Å². The van der Waals surface area contributed by atoms with Crippen LogP contribution in [-0.4, -0.2) is 37.1 Å². The zero-order valence-corrected chi connectivity index (χ0v) is 20.3. The highest BCUT2D eigenvalue weighted by Crippen LogP contribution is 2.27. The molecule has 1 aliphatic heterocycles. The molecule has 0 saturated carbocycles. The molecule has 1 unspecified atom stereocenters. The fraction of sp³-hybridized carbons (Fsp3) is 0.391. The van der Waals surface area contributed by atoms with Crippen molar-refractivity contribution >= 4 is 35.8 Å². The maximum Gasteiger partial charge on any atom is 0.251 e. The molecule has 3 rings (SSSR count). The van der Waals surface area contributed by atoms with Crippen LogP contribution in [0.1, 0.15) is 42.3 Å². The number of carbonyl (C=O) groups excluding carboxylic acids is 1. The fourth-order valence-corrected chi connectivity index (χ4v) is 3.22. The Balaban J connectivity index is 0.00000320. The highest BCUT2D eigenvalue weighted by atomic mass is 127. The van der Waals surface area contributed by atoms with E-state index < -0.39 is 0 Å². The number of ether oxygens (including phenoxy) is 1. The summed E-state index contributed by atoms with van der Waals surface area (Å²) in [6, 6.07) is 15.7. The van der Waals surface area contributed by atoms with Crippen LogP contribution in [0.4, 0.5) is 0 Å². The predicted molar refractivity (Wildman–Crippen MR) is 132 cm³/mol. The number of carbonyl (C=O) groups is 1. The van der Waals surface area contributed by atoms with E-state index in [2.05, 4.69) is 27.0 Å². The molecule has 1 atom stereocenters. The number of hydrogen-bond acceptors (Lipinski definition) is 3. The lowest BCUT2D eigenvalue weighted by Crippen LogP contribution is -2.42. The summed E-state index contributed by atoms with van der Waals surface area (Å²) in [5, 5.41) is 9.60.